The first-order valence-corrected chi connectivity index (χ1v) is 8.78. The molecule has 6 heteroatoms. The zero-order valence-electron chi connectivity index (χ0n) is 14.7. The van der Waals surface area contributed by atoms with E-state index in [1.165, 1.54) is 0 Å². The molecule has 3 nitrogen and oxygen atoms in total. The van der Waals surface area contributed by atoms with Crippen molar-refractivity contribution in [3.63, 3.8) is 0 Å². The molecule has 0 bridgehead atoms. The van der Waals surface area contributed by atoms with E-state index in [-0.39, 0.29) is 0 Å². The van der Waals surface area contributed by atoms with E-state index in [1.807, 2.05) is 6.07 Å². The van der Waals surface area contributed by atoms with E-state index in [4.69, 9.17) is 0 Å². The average Bonchev–Trinajstić information content (AvgIpc) is 3.01. The van der Waals surface area contributed by atoms with Crippen LogP contribution in [0, 0.1) is 5.92 Å². The molecule has 0 saturated carbocycles. The highest BCUT2D eigenvalue weighted by atomic mass is 19.4. The number of anilines is 1. The number of aromatic nitrogens is 1. The van der Waals surface area contributed by atoms with Crippen LogP contribution in [0.1, 0.15) is 25.3 Å². The fourth-order valence-corrected chi connectivity index (χ4v) is 3.70. The summed E-state index contributed by atoms with van der Waals surface area (Å²) >= 11 is 0. The second-order valence-electron chi connectivity index (χ2n) is 6.92. The fourth-order valence-electron chi connectivity index (χ4n) is 3.70. The zero-order chi connectivity index (χ0) is 18.0. The maximum absolute atomic E-state index is 12.9. The zero-order valence-corrected chi connectivity index (χ0v) is 14.7. The normalized spacial score (nSPS) is 18.5. The van der Waals surface area contributed by atoms with E-state index >= 15 is 0 Å². The van der Waals surface area contributed by atoms with Gasteiger partial charge < -0.3 is 9.80 Å². The van der Waals surface area contributed by atoms with Crippen LogP contribution in [0.25, 0.3) is 10.9 Å². The predicted molar refractivity (Wildman–Crippen MR) is 94.9 cm³/mol. The number of benzene rings is 1. The van der Waals surface area contributed by atoms with Gasteiger partial charge in [0, 0.05) is 36.9 Å². The van der Waals surface area contributed by atoms with E-state index < -0.39 is 11.7 Å². The van der Waals surface area contributed by atoms with Gasteiger partial charge in [0.1, 0.15) is 0 Å². The Kier molecular flexibility index (Phi) is 5.18. The number of halogens is 3. The van der Waals surface area contributed by atoms with E-state index in [0.29, 0.717) is 11.4 Å². The molecule has 0 spiro atoms. The highest BCUT2D eigenvalue weighted by molar-refractivity contribution is 5.92. The number of nitrogens with zero attached hydrogens (tertiary/aromatic N) is 3. The molecule has 2 heterocycles. The molecule has 1 atom stereocenters. The van der Waals surface area contributed by atoms with Gasteiger partial charge in [-0.05, 0) is 50.6 Å². The van der Waals surface area contributed by atoms with Crippen LogP contribution in [0.4, 0.5) is 18.9 Å². The highest BCUT2D eigenvalue weighted by Gasteiger charge is 2.31. The van der Waals surface area contributed by atoms with Gasteiger partial charge in [-0.3, -0.25) is 4.98 Å². The quantitative estimate of drug-likeness (QED) is 0.795. The van der Waals surface area contributed by atoms with Crippen molar-refractivity contribution < 1.29 is 13.2 Å². The van der Waals surface area contributed by atoms with Crippen molar-refractivity contribution in [1.82, 2.24) is 9.88 Å². The smallest absolute Gasteiger partial charge is 0.371 e. The van der Waals surface area contributed by atoms with Crippen LogP contribution in [-0.4, -0.2) is 43.1 Å². The molecule has 0 amide bonds. The topological polar surface area (TPSA) is 19.4 Å². The van der Waals surface area contributed by atoms with Crippen LogP contribution in [-0.2, 0) is 6.18 Å². The Morgan fingerprint density at radius 3 is 2.80 bits per heavy atom. The third-order valence-corrected chi connectivity index (χ3v) is 4.85. The molecule has 1 saturated heterocycles. The summed E-state index contributed by atoms with van der Waals surface area (Å²) in [5.74, 6) is 0.592. The van der Waals surface area contributed by atoms with Crippen LogP contribution in [0.3, 0.4) is 0 Å². The third-order valence-electron chi connectivity index (χ3n) is 4.85. The summed E-state index contributed by atoms with van der Waals surface area (Å²) in [6.45, 7) is 6.20. The van der Waals surface area contributed by atoms with Crippen LogP contribution in [0.2, 0.25) is 0 Å². The van der Waals surface area contributed by atoms with Gasteiger partial charge >= 0.3 is 6.18 Å². The van der Waals surface area contributed by atoms with Crippen molar-refractivity contribution in [3.8, 4) is 0 Å². The number of alkyl halides is 3. The maximum Gasteiger partial charge on any atom is 0.416 e. The summed E-state index contributed by atoms with van der Waals surface area (Å²) in [6, 6.07) is 5.75. The average molecular weight is 351 g/mol. The largest absolute Gasteiger partial charge is 0.416 e. The summed E-state index contributed by atoms with van der Waals surface area (Å²) < 4.78 is 38.7. The molecule has 2 aromatic rings. The minimum atomic E-state index is -4.34. The molecule has 0 N–H and O–H groups in total. The van der Waals surface area contributed by atoms with Crippen LogP contribution in [0.15, 0.2) is 30.5 Å². The number of pyridine rings is 1. The lowest BCUT2D eigenvalue weighted by Gasteiger charge is -2.23. The minimum absolute atomic E-state index is 0.402. The van der Waals surface area contributed by atoms with Gasteiger partial charge in [0.15, 0.2) is 0 Å². The van der Waals surface area contributed by atoms with E-state index in [1.54, 1.807) is 12.3 Å². The lowest BCUT2D eigenvalue weighted by molar-refractivity contribution is -0.137. The fraction of sp³-hybridized carbons (Fsp3) is 0.526. The lowest BCUT2D eigenvalue weighted by atomic mass is 10.1. The summed E-state index contributed by atoms with van der Waals surface area (Å²) in [6.07, 6.45) is -0.481. The number of hydrogen-bond donors (Lipinski definition) is 0. The third kappa shape index (κ3) is 4.06. The summed E-state index contributed by atoms with van der Waals surface area (Å²) in [4.78, 5) is 8.78. The Bertz CT molecular complexity index is 729. The Hall–Kier alpha value is -1.82. The first-order chi connectivity index (χ1) is 11.9. The van der Waals surface area contributed by atoms with Crippen LogP contribution < -0.4 is 4.90 Å². The molecule has 1 fully saturated rings. The molecule has 25 heavy (non-hydrogen) atoms. The van der Waals surface area contributed by atoms with Crippen molar-refractivity contribution in [2.75, 3.05) is 38.1 Å². The van der Waals surface area contributed by atoms with Gasteiger partial charge in [-0.15, -0.1) is 0 Å². The summed E-state index contributed by atoms with van der Waals surface area (Å²) in [5.41, 5.74) is 0.739. The lowest BCUT2D eigenvalue weighted by Crippen LogP contribution is -2.28. The molecule has 1 aliphatic heterocycles. The molecule has 1 aromatic heterocycles. The molecule has 3 rings (SSSR count). The van der Waals surface area contributed by atoms with Crippen molar-refractivity contribution >= 4 is 16.6 Å². The second-order valence-corrected chi connectivity index (χ2v) is 6.92. The molecule has 136 valence electrons. The maximum atomic E-state index is 12.9. The van der Waals surface area contributed by atoms with E-state index in [2.05, 4.69) is 28.8 Å². The number of rotatable bonds is 5. The van der Waals surface area contributed by atoms with Crippen molar-refractivity contribution in [2.24, 2.45) is 5.92 Å². The Balaban J connectivity index is 1.80. The van der Waals surface area contributed by atoms with Crippen molar-refractivity contribution in [1.29, 1.82) is 0 Å². The minimum Gasteiger partial charge on any atom is -0.371 e. The number of fused-ring (bicyclic) bond motifs is 1. The Morgan fingerprint density at radius 2 is 2.08 bits per heavy atom. The van der Waals surface area contributed by atoms with Gasteiger partial charge in [-0.2, -0.15) is 13.2 Å². The summed E-state index contributed by atoms with van der Waals surface area (Å²) in [7, 11) is 2.15. The molecule has 1 unspecified atom stereocenters. The van der Waals surface area contributed by atoms with E-state index in [9.17, 15) is 13.2 Å². The molecular formula is C19H24F3N3. The van der Waals surface area contributed by atoms with Gasteiger partial charge in [0.25, 0.3) is 0 Å². The Labute approximate surface area is 146 Å². The second kappa shape index (κ2) is 7.20. The van der Waals surface area contributed by atoms with Crippen molar-refractivity contribution in [2.45, 2.75) is 25.9 Å². The Morgan fingerprint density at radius 1 is 1.28 bits per heavy atom. The van der Waals surface area contributed by atoms with Gasteiger partial charge in [-0.25, -0.2) is 0 Å². The number of hydrogen-bond acceptors (Lipinski definition) is 3. The predicted octanol–water partition coefficient (Wildman–Crippen LogP) is 4.42. The van der Waals surface area contributed by atoms with E-state index in [0.717, 1.165) is 62.2 Å². The monoisotopic (exact) mass is 351 g/mol. The van der Waals surface area contributed by atoms with Gasteiger partial charge in [0.2, 0.25) is 0 Å². The van der Waals surface area contributed by atoms with Gasteiger partial charge in [-0.1, -0.05) is 13.0 Å². The molecule has 1 aromatic carbocycles. The molecule has 0 aliphatic carbocycles. The molecule has 0 radical (unpaired) electrons. The van der Waals surface area contributed by atoms with Crippen LogP contribution in [0.5, 0.6) is 0 Å². The summed E-state index contributed by atoms with van der Waals surface area (Å²) in [5, 5.41) is 0.790. The van der Waals surface area contributed by atoms with Gasteiger partial charge in [0.05, 0.1) is 11.1 Å². The van der Waals surface area contributed by atoms with Crippen LogP contribution >= 0.6 is 0 Å². The highest BCUT2D eigenvalue weighted by Crippen LogP contribution is 2.35. The van der Waals surface area contributed by atoms with Crippen molar-refractivity contribution in [3.05, 3.63) is 36.0 Å². The standard InChI is InChI=1S/C19H24F3N3/c1-3-9-24(2)12-14-7-10-25(13-14)18-6-8-23-17-11-15(19(20,21)22)4-5-16(17)18/h4-6,8,11,14H,3,7,9-10,12-13H2,1-2H3. The SMILES string of the molecule is CCCN(C)CC1CCN(c2ccnc3cc(C(F)(F)F)ccc23)C1. The first kappa shape index (κ1) is 18.0. The molecule has 1 aliphatic rings. The molecular weight excluding hydrogens is 327 g/mol. The first-order valence-electron chi connectivity index (χ1n) is 8.78.